The van der Waals surface area contributed by atoms with E-state index in [0.29, 0.717) is 13.1 Å². The van der Waals surface area contributed by atoms with E-state index in [2.05, 4.69) is 22.8 Å². The quantitative estimate of drug-likeness (QED) is 0.789. The average molecular weight is 290 g/mol. The second-order valence-corrected chi connectivity index (χ2v) is 5.45. The first-order valence-electron chi connectivity index (χ1n) is 7.28. The monoisotopic (exact) mass is 290 g/mol. The molecule has 1 aliphatic rings. The molecule has 0 aliphatic heterocycles. The Kier molecular flexibility index (Phi) is 4.96. The number of hydrogen-bond acceptors (Lipinski definition) is 3. The molecule has 0 spiro atoms. The standard InChI is InChI=1S/C16H22N2O3/c1-3-8-17-14(19)15(20)18-11-16(21-2)9-12-6-4-5-7-13(12)10-16/h4-7H,3,8-11H2,1-2H3,(H,17,19)(H,18,20). The van der Waals surface area contributed by atoms with E-state index in [4.69, 9.17) is 4.74 Å². The molecule has 0 radical (unpaired) electrons. The lowest BCUT2D eigenvalue weighted by Crippen LogP contribution is -2.49. The van der Waals surface area contributed by atoms with E-state index in [1.807, 2.05) is 19.1 Å². The van der Waals surface area contributed by atoms with Crippen LogP contribution >= 0.6 is 0 Å². The Bertz CT molecular complexity index is 503. The molecule has 0 unspecified atom stereocenters. The van der Waals surface area contributed by atoms with Gasteiger partial charge in [-0.2, -0.15) is 0 Å². The molecule has 2 amide bonds. The number of ether oxygens (including phenoxy) is 1. The highest BCUT2D eigenvalue weighted by atomic mass is 16.5. The highest BCUT2D eigenvalue weighted by molar-refractivity contribution is 6.35. The summed E-state index contributed by atoms with van der Waals surface area (Å²) in [6.45, 7) is 2.78. The normalized spacial score (nSPS) is 15.3. The second kappa shape index (κ2) is 6.72. The number of carbonyl (C=O) groups excluding carboxylic acids is 2. The van der Waals surface area contributed by atoms with Crippen LogP contribution in [-0.2, 0) is 27.2 Å². The summed E-state index contributed by atoms with van der Waals surface area (Å²) in [7, 11) is 1.65. The third-order valence-corrected chi connectivity index (χ3v) is 3.89. The number of fused-ring (bicyclic) bond motifs is 1. The predicted octanol–water partition coefficient (Wildman–Crippen LogP) is 0.813. The highest BCUT2D eigenvalue weighted by Gasteiger charge is 2.37. The van der Waals surface area contributed by atoms with Crippen LogP contribution in [0.3, 0.4) is 0 Å². The molecular weight excluding hydrogens is 268 g/mol. The van der Waals surface area contributed by atoms with Crippen molar-refractivity contribution in [2.45, 2.75) is 31.8 Å². The van der Waals surface area contributed by atoms with Gasteiger partial charge < -0.3 is 15.4 Å². The fourth-order valence-corrected chi connectivity index (χ4v) is 2.64. The van der Waals surface area contributed by atoms with Gasteiger partial charge in [-0.25, -0.2) is 0 Å². The Hall–Kier alpha value is -1.88. The van der Waals surface area contributed by atoms with E-state index in [9.17, 15) is 9.59 Å². The lowest BCUT2D eigenvalue weighted by atomic mass is 10.00. The van der Waals surface area contributed by atoms with Crippen molar-refractivity contribution in [3.8, 4) is 0 Å². The Labute approximate surface area is 125 Å². The highest BCUT2D eigenvalue weighted by Crippen LogP contribution is 2.31. The van der Waals surface area contributed by atoms with Crippen LogP contribution in [0.25, 0.3) is 0 Å². The van der Waals surface area contributed by atoms with Crippen molar-refractivity contribution >= 4 is 11.8 Å². The summed E-state index contributed by atoms with van der Waals surface area (Å²) in [5.74, 6) is -1.19. The average Bonchev–Trinajstić information content (AvgIpc) is 2.89. The molecular formula is C16H22N2O3. The Morgan fingerprint density at radius 1 is 1.14 bits per heavy atom. The lowest BCUT2D eigenvalue weighted by molar-refractivity contribution is -0.140. The van der Waals surface area contributed by atoms with Gasteiger partial charge in [0.15, 0.2) is 0 Å². The number of benzene rings is 1. The van der Waals surface area contributed by atoms with Gasteiger partial charge in [0.05, 0.1) is 5.60 Å². The molecule has 0 aromatic heterocycles. The van der Waals surface area contributed by atoms with Crippen molar-refractivity contribution in [2.24, 2.45) is 0 Å². The Morgan fingerprint density at radius 3 is 2.24 bits per heavy atom. The summed E-state index contributed by atoms with van der Waals surface area (Å²) in [6.07, 6.45) is 2.30. The first kappa shape index (κ1) is 15.5. The van der Waals surface area contributed by atoms with Crippen LogP contribution in [0.2, 0.25) is 0 Å². The topological polar surface area (TPSA) is 67.4 Å². The van der Waals surface area contributed by atoms with Crippen LogP contribution in [-0.4, -0.2) is 37.6 Å². The van der Waals surface area contributed by atoms with E-state index in [0.717, 1.165) is 19.3 Å². The van der Waals surface area contributed by atoms with Gasteiger partial charge in [-0.1, -0.05) is 31.2 Å². The number of methoxy groups -OCH3 is 1. The van der Waals surface area contributed by atoms with Gasteiger partial charge in [0, 0.05) is 33.0 Å². The molecule has 2 rings (SSSR count). The van der Waals surface area contributed by atoms with Crippen molar-refractivity contribution in [3.63, 3.8) is 0 Å². The molecule has 1 aromatic carbocycles. The number of carbonyl (C=O) groups is 2. The summed E-state index contributed by atoms with van der Waals surface area (Å²) in [5.41, 5.74) is 2.03. The molecule has 1 aromatic rings. The third-order valence-electron chi connectivity index (χ3n) is 3.89. The van der Waals surface area contributed by atoms with Gasteiger partial charge in [0.25, 0.3) is 0 Å². The van der Waals surface area contributed by atoms with Crippen molar-refractivity contribution < 1.29 is 14.3 Å². The predicted molar refractivity (Wildman–Crippen MR) is 79.9 cm³/mol. The maximum atomic E-state index is 11.8. The van der Waals surface area contributed by atoms with E-state index >= 15 is 0 Å². The van der Waals surface area contributed by atoms with Crippen molar-refractivity contribution in [3.05, 3.63) is 35.4 Å². The van der Waals surface area contributed by atoms with Crippen LogP contribution in [0.5, 0.6) is 0 Å². The third kappa shape index (κ3) is 3.61. The molecule has 0 saturated carbocycles. The zero-order valence-corrected chi connectivity index (χ0v) is 12.6. The molecule has 114 valence electrons. The molecule has 21 heavy (non-hydrogen) atoms. The van der Waals surface area contributed by atoms with Gasteiger partial charge in [0.1, 0.15) is 0 Å². The molecule has 0 saturated heterocycles. The molecule has 2 N–H and O–H groups in total. The maximum absolute atomic E-state index is 11.8. The number of rotatable bonds is 5. The van der Waals surface area contributed by atoms with Crippen molar-refractivity contribution in [1.29, 1.82) is 0 Å². The minimum atomic E-state index is -0.601. The summed E-state index contributed by atoms with van der Waals surface area (Å²) >= 11 is 0. The van der Waals surface area contributed by atoms with E-state index in [1.165, 1.54) is 11.1 Å². The largest absolute Gasteiger partial charge is 0.376 e. The molecule has 0 heterocycles. The smallest absolute Gasteiger partial charge is 0.309 e. The number of hydrogen-bond donors (Lipinski definition) is 2. The van der Waals surface area contributed by atoms with Gasteiger partial charge >= 0.3 is 11.8 Å². The van der Waals surface area contributed by atoms with E-state index in [1.54, 1.807) is 7.11 Å². The molecule has 5 heteroatoms. The van der Waals surface area contributed by atoms with Gasteiger partial charge in [0.2, 0.25) is 0 Å². The molecule has 5 nitrogen and oxygen atoms in total. The summed E-state index contributed by atoms with van der Waals surface area (Å²) in [6, 6.07) is 8.15. The number of amides is 2. The van der Waals surface area contributed by atoms with Gasteiger partial charge in [-0.3, -0.25) is 9.59 Å². The van der Waals surface area contributed by atoms with Crippen LogP contribution < -0.4 is 10.6 Å². The first-order valence-corrected chi connectivity index (χ1v) is 7.28. The lowest BCUT2D eigenvalue weighted by Gasteiger charge is -2.27. The summed E-state index contributed by atoms with van der Waals surface area (Å²) < 4.78 is 5.65. The summed E-state index contributed by atoms with van der Waals surface area (Å²) in [4.78, 5) is 23.3. The fraction of sp³-hybridized carbons (Fsp3) is 0.500. The SMILES string of the molecule is CCCNC(=O)C(=O)NCC1(OC)Cc2ccccc2C1. The molecule has 0 atom stereocenters. The van der Waals surface area contributed by atoms with Crippen LogP contribution in [0, 0.1) is 0 Å². The van der Waals surface area contributed by atoms with Crippen molar-refractivity contribution in [1.82, 2.24) is 10.6 Å². The Balaban J connectivity index is 1.93. The number of nitrogens with one attached hydrogen (secondary N) is 2. The minimum Gasteiger partial charge on any atom is -0.376 e. The van der Waals surface area contributed by atoms with Crippen LogP contribution in [0.4, 0.5) is 0 Å². The van der Waals surface area contributed by atoms with Crippen LogP contribution in [0.1, 0.15) is 24.5 Å². The second-order valence-electron chi connectivity index (χ2n) is 5.45. The molecule has 0 fully saturated rings. The van der Waals surface area contributed by atoms with Gasteiger partial charge in [-0.15, -0.1) is 0 Å². The zero-order chi connectivity index (χ0) is 15.3. The summed E-state index contributed by atoms with van der Waals surface area (Å²) in [5, 5.41) is 5.25. The minimum absolute atomic E-state index is 0.330. The molecule has 1 aliphatic carbocycles. The fourth-order valence-electron chi connectivity index (χ4n) is 2.64. The van der Waals surface area contributed by atoms with Gasteiger partial charge in [-0.05, 0) is 17.5 Å². The van der Waals surface area contributed by atoms with Crippen LogP contribution in [0.15, 0.2) is 24.3 Å². The van der Waals surface area contributed by atoms with E-state index in [-0.39, 0.29) is 0 Å². The maximum Gasteiger partial charge on any atom is 0.309 e. The molecule has 0 bridgehead atoms. The van der Waals surface area contributed by atoms with E-state index < -0.39 is 17.4 Å². The van der Waals surface area contributed by atoms with Crippen molar-refractivity contribution in [2.75, 3.05) is 20.2 Å². The first-order chi connectivity index (χ1) is 10.1. The Morgan fingerprint density at radius 2 is 1.71 bits per heavy atom. The zero-order valence-electron chi connectivity index (χ0n) is 12.6.